The minimum Gasteiger partial charge on any atom is -0.391 e. The first-order chi connectivity index (χ1) is 11.3. The highest BCUT2D eigenvalue weighted by Gasteiger charge is 2.24. The van der Waals surface area contributed by atoms with Crippen molar-refractivity contribution in [2.75, 3.05) is 11.9 Å². The Balaban J connectivity index is 1.81. The van der Waals surface area contributed by atoms with E-state index in [1.165, 1.54) is 0 Å². The molecule has 0 heterocycles. The number of hydrogen-bond donors (Lipinski definition) is 3. The normalized spacial score (nSPS) is 16.7. The van der Waals surface area contributed by atoms with Gasteiger partial charge in [0.25, 0.3) is 0 Å². The van der Waals surface area contributed by atoms with E-state index in [2.05, 4.69) is 31.4 Å². The van der Waals surface area contributed by atoms with Gasteiger partial charge in [0.2, 0.25) is 0 Å². The molecule has 3 N–H and O–H groups in total. The van der Waals surface area contributed by atoms with Crippen LogP contribution in [-0.4, -0.2) is 29.6 Å². The Morgan fingerprint density at radius 2 is 1.71 bits per heavy atom. The number of nitrogens with one attached hydrogen (secondary N) is 2. The number of carbonyl (C=O) groups excluding carboxylic acids is 2. The van der Waals surface area contributed by atoms with E-state index < -0.39 is 17.9 Å². The van der Waals surface area contributed by atoms with Gasteiger partial charge in [0.15, 0.2) is 0 Å². The molecule has 2 rings (SSSR count). The third-order valence-electron chi connectivity index (χ3n) is 4.63. The molecule has 0 saturated heterocycles. The van der Waals surface area contributed by atoms with Crippen molar-refractivity contribution in [3.8, 4) is 0 Å². The molecule has 0 radical (unpaired) electrons. The average Bonchev–Trinajstić information content (AvgIpc) is 3.06. The summed E-state index contributed by atoms with van der Waals surface area (Å²) < 4.78 is 0. The molecular weight excluding hydrogens is 304 g/mol. The Morgan fingerprint density at radius 3 is 2.25 bits per heavy atom. The molecule has 1 unspecified atom stereocenters. The van der Waals surface area contributed by atoms with Crippen LogP contribution in [0, 0.1) is 5.92 Å². The van der Waals surface area contributed by atoms with E-state index in [-0.39, 0.29) is 17.9 Å². The fourth-order valence-electron chi connectivity index (χ4n) is 3.03. The molecule has 1 atom stereocenters. The van der Waals surface area contributed by atoms with E-state index in [4.69, 9.17) is 0 Å². The molecule has 5 nitrogen and oxygen atoms in total. The van der Waals surface area contributed by atoms with Gasteiger partial charge in [-0.3, -0.25) is 9.59 Å². The maximum atomic E-state index is 11.9. The molecule has 1 aliphatic carbocycles. The SMILES string of the molecule is CC(C)(C)c1ccc(NC(=O)C(=O)NCC(O)C2CCCC2)cc1. The standard InChI is InChI=1S/C19H28N2O3/c1-19(2,3)14-8-10-15(11-9-14)21-18(24)17(23)20-12-16(22)13-6-4-5-7-13/h8-11,13,16,22H,4-7,12H2,1-3H3,(H,20,23)(H,21,24). The minimum atomic E-state index is -0.716. The van der Waals surface area contributed by atoms with Crippen molar-refractivity contribution < 1.29 is 14.7 Å². The monoisotopic (exact) mass is 332 g/mol. The first kappa shape index (κ1) is 18.5. The summed E-state index contributed by atoms with van der Waals surface area (Å²) in [4.78, 5) is 23.8. The summed E-state index contributed by atoms with van der Waals surface area (Å²) in [6.07, 6.45) is 3.66. The van der Waals surface area contributed by atoms with E-state index in [9.17, 15) is 14.7 Å². The number of aliphatic hydroxyl groups is 1. The number of hydrogen-bond acceptors (Lipinski definition) is 3. The lowest BCUT2D eigenvalue weighted by molar-refractivity contribution is -0.136. The zero-order valence-electron chi connectivity index (χ0n) is 14.8. The van der Waals surface area contributed by atoms with Crippen LogP contribution in [0.5, 0.6) is 0 Å². The highest BCUT2D eigenvalue weighted by atomic mass is 16.3. The van der Waals surface area contributed by atoms with E-state index in [1.807, 2.05) is 12.1 Å². The number of rotatable bonds is 4. The molecule has 132 valence electrons. The summed E-state index contributed by atoms with van der Waals surface area (Å²) in [6, 6.07) is 7.47. The summed E-state index contributed by atoms with van der Waals surface area (Å²) >= 11 is 0. The van der Waals surface area contributed by atoms with E-state index in [0.29, 0.717) is 5.69 Å². The van der Waals surface area contributed by atoms with Crippen molar-refractivity contribution in [2.24, 2.45) is 5.92 Å². The van der Waals surface area contributed by atoms with Gasteiger partial charge in [0.05, 0.1) is 6.10 Å². The molecule has 2 amide bonds. The van der Waals surface area contributed by atoms with E-state index in [0.717, 1.165) is 31.2 Å². The van der Waals surface area contributed by atoms with Crippen LogP contribution < -0.4 is 10.6 Å². The summed E-state index contributed by atoms with van der Waals surface area (Å²) in [5.74, 6) is -1.19. The third kappa shape index (κ3) is 5.06. The molecule has 1 aromatic rings. The zero-order chi connectivity index (χ0) is 17.7. The molecule has 1 saturated carbocycles. The van der Waals surface area contributed by atoms with Gasteiger partial charge in [-0.1, -0.05) is 45.7 Å². The second-order valence-electron chi connectivity index (χ2n) is 7.60. The smallest absolute Gasteiger partial charge is 0.313 e. The van der Waals surface area contributed by atoms with Gasteiger partial charge < -0.3 is 15.7 Å². The lowest BCUT2D eigenvalue weighted by Crippen LogP contribution is -2.41. The largest absolute Gasteiger partial charge is 0.391 e. The molecule has 1 aromatic carbocycles. The van der Waals surface area contributed by atoms with Gasteiger partial charge >= 0.3 is 11.8 Å². The Kier molecular flexibility index (Phi) is 5.99. The van der Waals surface area contributed by atoms with Gasteiger partial charge in [-0.05, 0) is 41.9 Å². The molecule has 5 heteroatoms. The average molecular weight is 332 g/mol. The molecule has 1 aliphatic rings. The van der Waals surface area contributed by atoms with E-state index in [1.54, 1.807) is 12.1 Å². The Labute approximate surface area is 143 Å². The van der Waals surface area contributed by atoms with Crippen LogP contribution in [0.25, 0.3) is 0 Å². The van der Waals surface area contributed by atoms with Gasteiger partial charge in [-0.15, -0.1) is 0 Å². The predicted molar refractivity (Wildman–Crippen MR) is 94.7 cm³/mol. The lowest BCUT2D eigenvalue weighted by atomic mass is 9.87. The molecule has 0 aromatic heterocycles. The van der Waals surface area contributed by atoms with Crippen LogP contribution in [0.1, 0.15) is 52.0 Å². The Bertz CT molecular complexity index is 569. The maximum absolute atomic E-state index is 11.9. The molecule has 1 fully saturated rings. The Morgan fingerprint density at radius 1 is 1.12 bits per heavy atom. The van der Waals surface area contributed by atoms with Gasteiger partial charge in [-0.25, -0.2) is 0 Å². The second-order valence-corrected chi connectivity index (χ2v) is 7.60. The summed E-state index contributed by atoms with van der Waals surface area (Å²) in [6.45, 7) is 6.47. The third-order valence-corrected chi connectivity index (χ3v) is 4.63. The fraction of sp³-hybridized carbons (Fsp3) is 0.579. The molecule has 24 heavy (non-hydrogen) atoms. The summed E-state index contributed by atoms with van der Waals surface area (Å²) in [5.41, 5.74) is 1.78. The highest BCUT2D eigenvalue weighted by molar-refractivity contribution is 6.39. The molecule has 0 spiro atoms. The van der Waals surface area contributed by atoms with Gasteiger partial charge in [0, 0.05) is 12.2 Å². The van der Waals surface area contributed by atoms with Crippen LogP contribution in [0.3, 0.4) is 0 Å². The predicted octanol–water partition coefficient (Wildman–Crippen LogP) is 2.59. The first-order valence-corrected chi connectivity index (χ1v) is 8.65. The van der Waals surface area contributed by atoms with Crippen molar-refractivity contribution in [3.05, 3.63) is 29.8 Å². The van der Waals surface area contributed by atoms with Crippen molar-refractivity contribution >= 4 is 17.5 Å². The van der Waals surface area contributed by atoms with Crippen LogP contribution in [-0.2, 0) is 15.0 Å². The fourth-order valence-corrected chi connectivity index (χ4v) is 3.03. The number of aliphatic hydroxyl groups excluding tert-OH is 1. The quantitative estimate of drug-likeness (QED) is 0.742. The maximum Gasteiger partial charge on any atom is 0.313 e. The van der Waals surface area contributed by atoms with Crippen molar-refractivity contribution in [2.45, 2.75) is 58.0 Å². The van der Waals surface area contributed by atoms with E-state index >= 15 is 0 Å². The van der Waals surface area contributed by atoms with Crippen molar-refractivity contribution in [1.29, 1.82) is 0 Å². The second kappa shape index (κ2) is 7.79. The van der Waals surface area contributed by atoms with Crippen LogP contribution in [0.4, 0.5) is 5.69 Å². The number of benzene rings is 1. The first-order valence-electron chi connectivity index (χ1n) is 8.65. The Hall–Kier alpha value is -1.88. The number of amides is 2. The van der Waals surface area contributed by atoms with Crippen LogP contribution >= 0.6 is 0 Å². The van der Waals surface area contributed by atoms with Crippen molar-refractivity contribution in [3.63, 3.8) is 0 Å². The minimum absolute atomic E-state index is 0.0380. The van der Waals surface area contributed by atoms with Crippen LogP contribution in [0.15, 0.2) is 24.3 Å². The highest BCUT2D eigenvalue weighted by Crippen LogP contribution is 2.27. The number of anilines is 1. The lowest BCUT2D eigenvalue weighted by Gasteiger charge is -2.19. The van der Waals surface area contributed by atoms with Gasteiger partial charge in [-0.2, -0.15) is 0 Å². The molecular formula is C19H28N2O3. The summed E-state index contributed by atoms with van der Waals surface area (Å²) in [7, 11) is 0. The molecule has 0 bridgehead atoms. The topological polar surface area (TPSA) is 78.4 Å². The summed E-state index contributed by atoms with van der Waals surface area (Å²) in [5, 5.41) is 15.1. The van der Waals surface area contributed by atoms with Crippen molar-refractivity contribution in [1.82, 2.24) is 5.32 Å². The van der Waals surface area contributed by atoms with Gasteiger partial charge in [0.1, 0.15) is 0 Å². The number of carbonyl (C=O) groups is 2. The van der Waals surface area contributed by atoms with Crippen LogP contribution in [0.2, 0.25) is 0 Å². The molecule has 0 aliphatic heterocycles. The zero-order valence-corrected chi connectivity index (χ0v) is 14.8.